The van der Waals surface area contributed by atoms with Gasteiger partial charge < -0.3 is 32.2 Å². The number of rotatable bonds is 15. The van der Waals surface area contributed by atoms with Crippen molar-refractivity contribution in [1.82, 2.24) is 0 Å². The first-order valence-electron chi connectivity index (χ1n) is 17.2. The fourth-order valence-corrected chi connectivity index (χ4v) is 9.89. The zero-order valence-electron chi connectivity index (χ0n) is 30.4. The van der Waals surface area contributed by atoms with Crippen LogP contribution in [-0.2, 0) is 25.1 Å². The van der Waals surface area contributed by atoms with E-state index < -0.39 is 62.7 Å². The van der Waals surface area contributed by atoms with Gasteiger partial charge in [0.25, 0.3) is 0 Å². The summed E-state index contributed by atoms with van der Waals surface area (Å²) in [5, 5.41) is 0.128. The Bertz CT molecular complexity index is 2030. The molecular formula is C38H32F12O7Si. The summed E-state index contributed by atoms with van der Waals surface area (Å²) in [6.45, 7) is 4.67. The molecule has 1 unspecified atom stereocenters. The number of fused-ring (bicyclic) bond motifs is 1. The highest BCUT2D eigenvalue weighted by molar-refractivity contribution is 6.83. The van der Waals surface area contributed by atoms with E-state index >= 15 is 0 Å². The Kier molecular flexibility index (Phi) is 12.8. The van der Waals surface area contributed by atoms with Gasteiger partial charge in [0.15, 0.2) is 0 Å². The van der Waals surface area contributed by atoms with Crippen molar-refractivity contribution in [3.05, 3.63) is 119 Å². The van der Waals surface area contributed by atoms with Gasteiger partial charge in [0.1, 0.15) is 23.0 Å². The molecule has 7 nitrogen and oxygen atoms in total. The standard InChI is InChI=1S/C38H32F12O7Si/c1-4-51-58(52-5-2,53-6-3)33-30-20-19-29(57-38(48,49)50)21-31(30)34(25-11-17-28(18-12-25)56-37(45,46)47,22-23-7-13-26(14-8-23)54-35(39,40)41)32(33)24-9-15-27(16-10-24)55-36(42,43)44/h7-21H,4-6,22H2,1-3H3. The van der Waals surface area contributed by atoms with E-state index in [0.717, 1.165) is 48.5 Å². The summed E-state index contributed by atoms with van der Waals surface area (Å²) in [5.74, 6) is -2.71. The van der Waals surface area contributed by atoms with E-state index in [4.69, 9.17) is 13.3 Å². The van der Waals surface area contributed by atoms with E-state index in [1.807, 2.05) is 0 Å². The molecule has 0 bridgehead atoms. The molecule has 314 valence electrons. The van der Waals surface area contributed by atoms with Crippen LogP contribution in [0.5, 0.6) is 23.0 Å². The van der Waals surface area contributed by atoms with Gasteiger partial charge in [-0.25, -0.2) is 0 Å². The van der Waals surface area contributed by atoms with Crippen LogP contribution in [0.2, 0.25) is 0 Å². The third kappa shape index (κ3) is 10.4. The maximum absolute atomic E-state index is 13.8. The molecule has 0 spiro atoms. The molecule has 0 heterocycles. The van der Waals surface area contributed by atoms with Crippen LogP contribution in [0, 0.1) is 0 Å². The molecule has 0 fully saturated rings. The van der Waals surface area contributed by atoms with Gasteiger partial charge in [-0.3, -0.25) is 0 Å². The topological polar surface area (TPSA) is 64.6 Å². The van der Waals surface area contributed by atoms with E-state index in [-0.39, 0.29) is 64.8 Å². The van der Waals surface area contributed by atoms with Gasteiger partial charge in [-0.2, -0.15) is 0 Å². The molecular weight excluding hydrogens is 824 g/mol. The van der Waals surface area contributed by atoms with Crippen LogP contribution in [0.1, 0.15) is 48.6 Å². The van der Waals surface area contributed by atoms with E-state index in [1.54, 1.807) is 20.8 Å². The van der Waals surface area contributed by atoms with Crippen molar-refractivity contribution in [3.8, 4) is 23.0 Å². The van der Waals surface area contributed by atoms with Gasteiger partial charge in [-0.1, -0.05) is 42.5 Å². The Balaban J connectivity index is 1.95. The zero-order valence-corrected chi connectivity index (χ0v) is 31.4. The molecule has 1 atom stereocenters. The van der Waals surface area contributed by atoms with Gasteiger partial charge in [-0.05, 0) is 109 Å². The molecule has 0 amide bonds. The quantitative estimate of drug-likeness (QED) is 0.0871. The number of hydrogen-bond acceptors (Lipinski definition) is 7. The van der Waals surface area contributed by atoms with E-state index in [1.165, 1.54) is 42.5 Å². The normalized spacial score (nSPS) is 16.3. The highest BCUT2D eigenvalue weighted by atomic mass is 28.4. The van der Waals surface area contributed by atoms with Crippen LogP contribution in [0.4, 0.5) is 52.7 Å². The third-order valence-electron chi connectivity index (χ3n) is 8.52. The predicted octanol–water partition coefficient (Wildman–Crippen LogP) is 11.3. The lowest BCUT2D eigenvalue weighted by Gasteiger charge is -2.37. The molecule has 1 aliphatic rings. The SMILES string of the molecule is CCO[Si](OCC)(OCC)C1=C(c2ccc(OC(F)(F)F)cc2)C(Cc2ccc(OC(F)(F)F)cc2)(c2ccc(OC(F)(F)F)cc2)c2cc(OC(F)(F)F)ccc21. The molecule has 0 aromatic heterocycles. The molecule has 4 aromatic carbocycles. The summed E-state index contributed by atoms with van der Waals surface area (Å²) in [7, 11) is -4.31. The van der Waals surface area contributed by atoms with Crippen LogP contribution in [0.25, 0.3) is 10.8 Å². The number of alkyl halides is 12. The second kappa shape index (κ2) is 16.7. The summed E-state index contributed by atoms with van der Waals surface area (Å²) in [5.41, 5.74) is -1.23. The van der Waals surface area contributed by atoms with Crippen molar-refractivity contribution in [2.45, 2.75) is 58.1 Å². The van der Waals surface area contributed by atoms with Crippen molar-refractivity contribution in [2.24, 2.45) is 0 Å². The van der Waals surface area contributed by atoms with E-state index in [0.29, 0.717) is 0 Å². The van der Waals surface area contributed by atoms with Gasteiger partial charge in [-0.15, -0.1) is 52.7 Å². The van der Waals surface area contributed by atoms with Gasteiger partial charge in [0, 0.05) is 25.0 Å². The van der Waals surface area contributed by atoms with Crippen LogP contribution in [-0.4, -0.2) is 54.1 Å². The summed E-state index contributed by atoms with van der Waals surface area (Å²) in [6, 6.07) is 16.3. The minimum atomic E-state index is -5.21. The summed E-state index contributed by atoms with van der Waals surface area (Å²) in [4.78, 5) is 0. The molecule has 4 aromatic rings. The summed E-state index contributed by atoms with van der Waals surface area (Å²) >= 11 is 0. The number of benzene rings is 4. The molecule has 1 aliphatic carbocycles. The number of allylic oxidation sites excluding steroid dienone is 1. The first-order valence-corrected chi connectivity index (χ1v) is 18.9. The molecule has 5 rings (SSSR count). The Morgan fingerprint density at radius 1 is 0.483 bits per heavy atom. The van der Waals surface area contributed by atoms with Crippen molar-refractivity contribution in [2.75, 3.05) is 19.8 Å². The molecule has 0 aliphatic heterocycles. The van der Waals surface area contributed by atoms with Crippen molar-refractivity contribution in [3.63, 3.8) is 0 Å². The zero-order chi connectivity index (χ0) is 42.7. The number of hydrogen-bond donors (Lipinski definition) is 0. The lowest BCUT2D eigenvalue weighted by molar-refractivity contribution is -0.275. The highest BCUT2D eigenvalue weighted by Crippen LogP contribution is 2.60. The van der Waals surface area contributed by atoms with Crippen LogP contribution >= 0.6 is 0 Å². The Labute approximate surface area is 324 Å². The maximum Gasteiger partial charge on any atom is 0.573 e. The van der Waals surface area contributed by atoms with Crippen molar-refractivity contribution < 1.29 is 84.9 Å². The average molecular weight is 857 g/mol. The Hall–Kier alpha value is -4.92. The number of halogens is 12. The molecule has 0 saturated heterocycles. The Morgan fingerprint density at radius 3 is 1.28 bits per heavy atom. The molecule has 20 heteroatoms. The van der Waals surface area contributed by atoms with Gasteiger partial charge in [0.2, 0.25) is 0 Å². The van der Waals surface area contributed by atoms with Gasteiger partial charge >= 0.3 is 34.3 Å². The molecule has 0 saturated carbocycles. The third-order valence-corrected chi connectivity index (χ3v) is 11.7. The minimum Gasteiger partial charge on any atom is -0.406 e. The predicted molar refractivity (Wildman–Crippen MR) is 184 cm³/mol. The average Bonchev–Trinajstić information content (AvgIpc) is 3.38. The molecule has 0 radical (unpaired) electrons. The number of ether oxygens (including phenoxy) is 4. The lowest BCUT2D eigenvalue weighted by Crippen LogP contribution is -2.48. The fraction of sp³-hybridized carbons (Fsp3) is 0.316. The smallest absolute Gasteiger partial charge is 0.406 e. The summed E-state index contributed by atoms with van der Waals surface area (Å²) in [6.07, 6.45) is -20.9. The second-order valence-corrected chi connectivity index (χ2v) is 14.8. The van der Waals surface area contributed by atoms with E-state index in [2.05, 4.69) is 18.9 Å². The molecule has 58 heavy (non-hydrogen) atoms. The van der Waals surface area contributed by atoms with Gasteiger partial charge in [0.05, 0.1) is 5.41 Å². The van der Waals surface area contributed by atoms with Crippen molar-refractivity contribution in [1.29, 1.82) is 0 Å². The fourth-order valence-electron chi connectivity index (χ4n) is 6.86. The minimum absolute atomic E-state index is 0.00552. The maximum atomic E-state index is 13.8. The highest BCUT2D eigenvalue weighted by Gasteiger charge is 2.58. The van der Waals surface area contributed by atoms with Crippen LogP contribution < -0.4 is 18.9 Å². The Morgan fingerprint density at radius 2 is 0.862 bits per heavy atom. The molecule has 0 N–H and O–H groups in total. The van der Waals surface area contributed by atoms with Crippen LogP contribution in [0.15, 0.2) is 91.0 Å². The largest absolute Gasteiger partial charge is 0.573 e. The monoisotopic (exact) mass is 856 g/mol. The van der Waals surface area contributed by atoms with E-state index in [9.17, 15) is 52.7 Å². The second-order valence-electron chi connectivity index (χ2n) is 12.3. The summed E-state index contributed by atoms with van der Waals surface area (Å²) < 4.78 is 196. The lowest BCUT2D eigenvalue weighted by atomic mass is 9.66. The first-order chi connectivity index (χ1) is 27.0. The van der Waals surface area contributed by atoms with Crippen LogP contribution in [0.3, 0.4) is 0 Å². The van der Waals surface area contributed by atoms with Crippen molar-refractivity contribution >= 4 is 19.6 Å². The first kappa shape index (κ1) is 44.2.